The predicted molar refractivity (Wildman–Crippen MR) is 95.2 cm³/mol. The van der Waals surface area contributed by atoms with Crippen LogP contribution in [0.25, 0.3) is 0 Å². The minimum atomic E-state index is -0.147. The van der Waals surface area contributed by atoms with Gasteiger partial charge in [-0.2, -0.15) is 0 Å². The summed E-state index contributed by atoms with van der Waals surface area (Å²) in [6.07, 6.45) is 6.99. The zero-order chi connectivity index (χ0) is 15.4. The summed E-state index contributed by atoms with van der Waals surface area (Å²) in [6.45, 7) is 2.02. The fourth-order valence-electron chi connectivity index (χ4n) is 2.45. The number of anilines is 2. The van der Waals surface area contributed by atoms with E-state index in [4.69, 9.17) is 0 Å². The van der Waals surface area contributed by atoms with Gasteiger partial charge >= 0.3 is 0 Å². The Morgan fingerprint density at radius 1 is 1.05 bits per heavy atom. The molecule has 1 aromatic heterocycles. The van der Waals surface area contributed by atoms with Crippen LogP contribution in [0.4, 0.5) is 11.6 Å². The summed E-state index contributed by atoms with van der Waals surface area (Å²) in [5.74, 6) is 0.595. The van der Waals surface area contributed by atoms with Crippen LogP contribution in [0.2, 0.25) is 0 Å². The molecule has 2 heterocycles. The van der Waals surface area contributed by atoms with Gasteiger partial charge in [0.25, 0.3) is 5.91 Å². The number of aromatic nitrogens is 2. The molecule has 2 aromatic rings. The lowest BCUT2D eigenvalue weighted by molar-refractivity contribution is 0.102. The maximum absolute atomic E-state index is 12.1. The Morgan fingerprint density at radius 2 is 1.68 bits per heavy atom. The molecule has 0 aliphatic carbocycles. The van der Waals surface area contributed by atoms with Crippen LogP contribution in [0.5, 0.6) is 0 Å². The highest BCUT2D eigenvalue weighted by Crippen LogP contribution is 2.16. The van der Waals surface area contributed by atoms with Crippen LogP contribution in [0.1, 0.15) is 29.6 Å². The number of benzene rings is 1. The summed E-state index contributed by atoms with van der Waals surface area (Å²) in [7, 11) is 0. The van der Waals surface area contributed by atoms with Crippen molar-refractivity contribution in [1.82, 2.24) is 9.97 Å². The van der Waals surface area contributed by atoms with Gasteiger partial charge in [-0.1, -0.05) is 0 Å². The first-order chi connectivity index (χ1) is 10.7. The fraction of sp³-hybridized carbons (Fsp3) is 0.312. The molecule has 3 rings (SSSR count). The van der Waals surface area contributed by atoms with Gasteiger partial charge in [-0.25, -0.2) is 9.97 Å². The fourth-order valence-corrected chi connectivity index (χ4v) is 2.81. The Balaban J connectivity index is 1.65. The van der Waals surface area contributed by atoms with Gasteiger partial charge in [0.1, 0.15) is 0 Å². The van der Waals surface area contributed by atoms with Gasteiger partial charge in [0.2, 0.25) is 5.95 Å². The van der Waals surface area contributed by atoms with E-state index < -0.39 is 0 Å². The molecule has 0 radical (unpaired) electrons. The monoisotopic (exact) mass is 408 g/mol. The van der Waals surface area contributed by atoms with Gasteiger partial charge < -0.3 is 10.2 Å². The predicted octanol–water partition coefficient (Wildman–Crippen LogP) is 3.32. The maximum Gasteiger partial charge on any atom is 0.255 e. The van der Waals surface area contributed by atoms with Crippen LogP contribution in [0.3, 0.4) is 0 Å². The van der Waals surface area contributed by atoms with Crippen molar-refractivity contribution in [1.29, 1.82) is 0 Å². The number of carbonyl (C=O) groups excluding carboxylic acids is 1. The molecule has 6 heteroatoms. The highest BCUT2D eigenvalue weighted by Gasteiger charge is 2.13. The lowest BCUT2D eigenvalue weighted by Crippen LogP contribution is -2.30. The van der Waals surface area contributed by atoms with Gasteiger partial charge in [0.15, 0.2) is 0 Å². The van der Waals surface area contributed by atoms with Gasteiger partial charge in [-0.05, 0) is 66.1 Å². The van der Waals surface area contributed by atoms with Crippen LogP contribution in [0.15, 0.2) is 36.7 Å². The molecule has 0 unspecified atom stereocenters. The van der Waals surface area contributed by atoms with E-state index in [9.17, 15) is 4.79 Å². The van der Waals surface area contributed by atoms with Crippen LogP contribution < -0.4 is 10.2 Å². The summed E-state index contributed by atoms with van der Waals surface area (Å²) < 4.78 is 1.10. The first-order valence-electron chi connectivity index (χ1n) is 7.36. The number of piperidine rings is 1. The summed E-state index contributed by atoms with van der Waals surface area (Å²) in [5.41, 5.74) is 1.24. The molecular weight excluding hydrogens is 391 g/mol. The second-order valence-electron chi connectivity index (χ2n) is 5.28. The van der Waals surface area contributed by atoms with E-state index in [-0.39, 0.29) is 5.91 Å². The molecule has 0 saturated carbocycles. The molecule has 1 aliphatic heterocycles. The number of amides is 1. The number of rotatable bonds is 3. The normalized spacial score (nSPS) is 14.7. The van der Waals surface area contributed by atoms with Crippen LogP contribution in [-0.2, 0) is 0 Å². The maximum atomic E-state index is 12.1. The number of nitrogens with zero attached hydrogens (tertiary/aromatic N) is 3. The Morgan fingerprint density at radius 3 is 2.32 bits per heavy atom. The molecule has 1 aromatic carbocycles. The topological polar surface area (TPSA) is 58.1 Å². The van der Waals surface area contributed by atoms with E-state index in [1.54, 1.807) is 24.5 Å². The number of hydrogen-bond acceptors (Lipinski definition) is 4. The van der Waals surface area contributed by atoms with E-state index in [0.717, 1.165) is 22.6 Å². The van der Waals surface area contributed by atoms with E-state index >= 15 is 0 Å². The third-order valence-electron chi connectivity index (χ3n) is 3.64. The Bertz CT molecular complexity index is 636. The van der Waals surface area contributed by atoms with E-state index in [1.807, 2.05) is 12.1 Å². The lowest BCUT2D eigenvalue weighted by Gasteiger charge is -2.26. The Kier molecular flexibility index (Phi) is 4.87. The third-order valence-corrected chi connectivity index (χ3v) is 4.36. The first kappa shape index (κ1) is 15.2. The van der Waals surface area contributed by atoms with Crippen molar-refractivity contribution in [3.8, 4) is 0 Å². The van der Waals surface area contributed by atoms with Crippen LogP contribution >= 0.6 is 22.6 Å². The number of carbonyl (C=O) groups is 1. The molecule has 1 saturated heterocycles. The summed E-state index contributed by atoms with van der Waals surface area (Å²) in [5, 5.41) is 2.82. The molecule has 0 bridgehead atoms. The number of nitrogens with one attached hydrogen (secondary N) is 1. The molecule has 1 fully saturated rings. The highest BCUT2D eigenvalue weighted by atomic mass is 127. The van der Waals surface area contributed by atoms with Gasteiger partial charge in [0.05, 0.1) is 18.1 Å². The van der Waals surface area contributed by atoms with E-state index in [0.29, 0.717) is 11.3 Å². The average Bonchev–Trinajstić information content (AvgIpc) is 2.57. The zero-order valence-corrected chi connectivity index (χ0v) is 14.3. The highest BCUT2D eigenvalue weighted by molar-refractivity contribution is 14.1. The Labute approximate surface area is 143 Å². The number of hydrogen-bond donors (Lipinski definition) is 1. The summed E-state index contributed by atoms with van der Waals surface area (Å²) in [6, 6.07) is 7.43. The van der Waals surface area contributed by atoms with Gasteiger partial charge in [-0.3, -0.25) is 4.79 Å². The van der Waals surface area contributed by atoms with Crippen LogP contribution in [-0.4, -0.2) is 29.0 Å². The molecule has 114 valence electrons. The molecule has 22 heavy (non-hydrogen) atoms. The molecule has 0 spiro atoms. The van der Waals surface area contributed by atoms with Crippen molar-refractivity contribution < 1.29 is 4.79 Å². The standard InChI is InChI=1S/C16H17IN4O/c17-13-6-4-12(5-7-13)15(22)20-14-10-18-16(19-11-14)21-8-2-1-3-9-21/h4-7,10-11H,1-3,8-9H2,(H,20,22). The third kappa shape index (κ3) is 3.73. The average molecular weight is 408 g/mol. The van der Waals surface area contributed by atoms with Crippen molar-refractivity contribution in [2.24, 2.45) is 0 Å². The lowest BCUT2D eigenvalue weighted by atomic mass is 10.1. The van der Waals surface area contributed by atoms with Crippen molar-refractivity contribution in [3.63, 3.8) is 0 Å². The SMILES string of the molecule is O=C(Nc1cnc(N2CCCCC2)nc1)c1ccc(I)cc1. The molecule has 1 N–H and O–H groups in total. The minimum absolute atomic E-state index is 0.147. The van der Waals surface area contributed by atoms with E-state index in [1.165, 1.54) is 19.3 Å². The second-order valence-corrected chi connectivity index (χ2v) is 6.53. The molecular formula is C16H17IN4O. The molecule has 1 aliphatic rings. The first-order valence-corrected chi connectivity index (χ1v) is 8.44. The molecule has 0 atom stereocenters. The van der Waals surface area contributed by atoms with E-state index in [2.05, 4.69) is 42.8 Å². The van der Waals surface area contributed by atoms with Crippen LogP contribution in [0, 0.1) is 3.57 Å². The minimum Gasteiger partial charge on any atom is -0.341 e. The van der Waals surface area contributed by atoms with Crippen molar-refractivity contribution in [2.75, 3.05) is 23.3 Å². The Hall–Kier alpha value is -1.70. The largest absolute Gasteiger partial charge is 0.341 e. The summed E-state index contributed by atoms with van der Waals surface area (Å²) in [4.78, 5) is 23.0. The molecule has 1 amide bonds. The van der Waals surface area contributed by atoms with Crippen molar-refractivity contribution >= 4 is 40.1 Å². The van der Waals surface area contributed by atoms with Crippen molar-refractivity contribution in [2.45, 2.75) is 19.3 Å². The quantitative estimate of drug-likeness (QED) is 0.792. The van der Waals surface area contributed by atoms with Crippen molar-refractivity contribution in [3.05, 3.63) is 45.8 Å². The number of halogens is 1. The molecule has 5 nitrogen and oxygen atoms in total. The zero-order valence-electron chi connectivity index (χ0n) is 12.1. The second kappa shape index (κ2) is 7.04. The summed E-state index contributed by atoms with van der Waals surface area (Å²) >= 11 is 2.21. The smallest absolute Gasteiger partial charge is 0.255 e. The van der Waals surface area contributed by atoms with Gasteiger partial charge in [-0.15, -0.1) is 0 Å². The van der Waals surface area contributed by atoms with Gasteiger partial charge in [0, 0.05) is 22.2 Å².